The molecule has 0 atom stereocenters. The summed E-state index contributed by atoms with van der Waals surface area (Å²) in [6.07, 6.45) is 0. The summed E-state index contributed by atoms with van der Waals surface area (Å²) in [6.45, 7) is 3.22. The van der Waals surface area contributed by atoms with Gasteiger partial charge in [0.25, 0.3) is 5.91 Å². The first-order valence-corrected chi connectivity index (χ1v) is 7.36. The molecular formula is C18H15N3O3. The van der Waals surface area contributed by atoms with Crippen LogP contribution in [0.2, 0.25) is 0 Å². The Labute approximate surface area is 138 Å². The van der Waals surface area contributed by atoms with Crippen molar-refractivity contribution in [3.63, 3.8) is 0 Å². The average molecular weight is 321 g/mol. The van der Waals surface area contributed by atoms with Crippen molar-refractivity contribution in [3.8, 4) is 11.5 Å². The number of aryl methyl sites for hydroxylation is 1. The first-order chi connectivity index (χ1) is 11.5. The number of benzene rings is 2. The molecule has 120 valence electrons. The standard InChI is InChI=1S/C18H15N3O3/c1-11(22)13-7-9-16(10-8-13)19-17(23)14-3-5-15(6-4-14)18-21-20-12(2)24-18/h3-10H,1-2H3,(H,19,23). The topological polar surface area (TPSA) is 85.1 Å². The molecule has 0 aliphatic carbocycles. The quantitative estimate of drug-likeness (QED) is 0.743. The third-order valence-electron chi connectivity index (χ3n) is 3.47. The van der Waals surface area contributed by atoms with E-state index in [4.69, 9.17) is 4.42 Å². The SMILES string of the molecule is CC(=O)c1ccc(NC(=O)c2ccc(-c3nnc(C)o3)cc2)cc1. The summed E-state index contributed by atoms with van der Waals surface area (Å²) in [4.78, 5) is 23.5. The second kappa shape index (κ2) is 6.45. The van der Waals surface area contributed by atoms with Crippen LogP contribution in [0.5, 0.6) is 0 Å². The van der Waals surface area contributed by atoms with Crippen molar-refractivity contribution < 1.29 is 14.0 Å². The van der Waals surface area contributed by atoms with Crippen molar-refractivity contribution in [2.75, 3.05) is 5.32 Å². The van der Waals surface area contributed by atoms with E-state index in [9.17, 15) is 9.59 Å². The summed E-state index contributed by atoms with van der Waals surface area (Å²) in [5.74, 6) is 0.652. The monoisotopic (exact) mass is 321 g/mol. The first kappa shape index (κ1) is 15.6. The zero-order valence-corrected chi connectivity index (χ0v) is 13.2. The van der Waals surface area contributed by atoms with Crippen LogP contribution in [0.25, 0.3) is 11.5 Å². The molecule has 6 heteroatoms. The second-order valence-corrected chi connectivity index (χ2v) is 5.29. The van der Waals surface area contributed by atoms with Gasteiger partial charge in [-0.2, -0.15) is 0 Å². The Bertz CT molecular complexity index is 881. The Morgan fingerprint density at radius 2 is 1.54 bits per heavy atom. The number of amides is 1. The van der Waals surface area contributed by atoms with Gasteiger partial charge in [-0.05, 0) is 55.5 Å². The number of ketones is 1. The highest BCUT2D eigenvalue weighted by molar-refractivity contribution is 6.04. The Morgan fingerprint density at radius 1 is 0.917 bits per heavy atom. The van der Waals surface area contributed by atoms with Crippen LogP contribution < -0.4 is 5.32 Å². The zero-order chi connectivity index (χ0) is 17.1. The molecule has 3 rings (SSSR count). The van der Waals surface area contributed by atoms with Gasteiger partial charge in [-0.15, -0.1) is 10.2 Å². The molecule has 0 unspecified atom stereocenters. The second-order valence-electron chi connectivity index (χ2n) is 5.29. The van der Waals surface area contributed by atoms with Gasteiger partial charge in [0.2, 0.25) is 11.8 Å². The van der Waals surface area contributed by atoms with Gasteiger partial charge in [-0.1, -0.05) is 0 Å². The van der Waals surface area contributed by atoms with Crippen LogP contribution in [0.1, 0.15) is 33.5 Å². The van der Waals surface area contributed by atoms with E-state index >= 15 is 0 Å². The van der Waals surface area contributed by atoms with Crippen LogP contribution in [-0.2, 0) is 0 Å². The molecule has 1 amide bonds. The molecule has 0 spiro atoms. The molecule has 24 heavy (non-hydrogen) atoms. The molecule has 6 nitrogen and oxygen atoms in total. The highest BCUT2D eigenvalue weighted by atomic mass is 16.4. The highest BCUT2D eigenvalue weighted by Crippen LogP contribution is 2.19. The Hall–Kier alpha value is -3.28. The summed E-state index contributed by atoms with van der Waals surface area (Å²) in [6, 6.07) is 13.6. The maximum atomic E-state index is 12.3. The molecule has 1 N–H and O–H groups in total. The van der Waals surface area contributed by atoms with Crippen molar-refractivity contribution in [2.24, 2.45) is 0 Å². The summed E-state index contributed by atoms with van der Waals surface area (Å²) >= 11 is 0. The Balaban J connectivity index is 1.72. The summed E-state index contributed by atoms with van der Waals surface area (Å²) in [5, 5.41) is 10.5. The fourth-order valence-electron chi connectivity index (χ4n) is 2.17. The van der Waals surface area contributed by atoms with E-state index in [0.29, 0.717) is 28.6 Å². The lowest BCUT2D eigenvalue weighted by Gasteiger charge is -2.06. The lowest BCUT2D eigenvalue weighted by molar-refractivity contribution is 0.101. The number of hydrogen-bond donors (Lipinski definition) is 1. The van der Waals surface area contributed by atoms with E-state index in [-0.39, 0.29) is 11.7 Å². The molecule has 0 aliphatic rings. The number of carbonyl (C=O) groups is 2. The van der Waals surface area contributed by atoms with Gasteiger partial charge in [0.15, 0.2) is 5.78 Å². The summed E-state index contributed by atoms with van der Waals surface area (Å²) in [5.41, 5.74) is 2.48. The molecule has 3 aromatic rings. The fraction of sp³-hybridized carbons (Fsp3) is 0.111. The van der Waals surface area contributed by atoms with Crippen molar-refractivity contribution in [1.82, 2.24) is 10.2 Å². The fourth-order valence-corrected chi connectivity index (χ4v) is 2.17. The first-order valence-electron chi connectivity index (χ1n) is 7.36. The molecule has 0 fully saturated rings. The largest absolute Gasteiger partial charge is 0.421 e. The molecular weight excluding hydrogens is 306 g/mol. The number of rotatable bonds is 4. The van der Waals surface area contributed by atoms with Crippen LogP contribution in [0, 0.1) is 6.92 Å². The van der Waals surface area contributed by atoms with Gasteiger partial charge >= 0.3 is 0 Å². The Morgan fingerprint density at radius 3 is 2.08 bits per heavy atom. The van der Waals surface area contributed by atoms with Gasteiger partial charge in [-0.25, -0.2) is 0 Å². The highest BCUT2D eigenvalue weighted by Gasteiger charge is 2.09. The van der Waals surface area contributed by atoms with Crippen LogP contribution in [0.15, 0.2) is 52.9 Å². The predicted molar refractivity (Wildman–Crippen MR) is 88.9 cm³/mol. The van der Waals surface area contributed by atoms with Crippen molar-refractivity contribution in [2.45, 2.75) is 13.8 Å². The minimum Gasteiger partial charge on any atom is -0.421 e. The minimum atomic E-state index is -0.237. The molecule has 0 aliphatic heterocycles. The maximum Gasteiger partial charge on any atom is 0.255 e. The van der Waals surface area contributed by atoms with Crippen LogP contribution in [0.3, 0.4) is 0 Å². The molecule has 1 aromatic heterocycles. The molecule has 2 aromatic carbocycles. The number of Topliss-reactive ketones (excluding diaryl/α,β-unsaturated/α-hetero) is 1. The summed E-state index contributed by atoms with van der Waals surface area (Å²) in [7, 11) is 0. The number of hydrogen-bond acceptors (Lipinski definition) is 5. The minimum absolute atomic E-state index is 0.0141. The van der Waals surface area contributed by atoms with Gasteiger partial charge in [0.05, 0.1) is 0 Å². The van der Waals surface area contributed by atoms with Crippen LogP contribution in [0.4, 0.5) is 5.69 Å². The van der Waals surface area contributed by atoms with Crippen LogP contribution in [-0.4, -0.2) is 21.9 Å². The lowest BCUT2D eigenvalue weighted by atomic mass is 10.1. The zero-order valence-electron chi connectivity index (χ0n) is 13.2. The Kier molecular flexibility index (Phi) is 4.20. The van der Waals surface area contributed by atoms with Crippen molar-refractivity contribution in [3.05, 3.63) is 65.5 Å². The lowest BCUT2D eigenvalue weighted by Crippen LogP contribution is -2.11. The molecule has 0 saturated carbocycles. The molecule has 0 bridgehead atoms. The van der Waals surface area contributed by atoms with E-state index in [1.165, 1.54) is 6.92 Å². The third-order valence-corrected chi connectivity index (χ3v) is 3.47. The number of nitrogens with zero attached hydrogens (tertiary/aromatic N) is 2. The smallest absolute Gasteiger partial charge is 0.255 e. The van der Waals surface area contributed by atoms with Crippen LogP contribution >= 0.6 is 0 Å². The number of carbonyl (C=O) groups excluding carboxylic acids is 2. The normalized spacial score (nSPS) is 10.4. The number of nitrogens with one attached hydrogen (secondary N) is 1. The molecule has 0 saturated heterocycles. The van der Waals surface area contributed by atoms with E-state index in [0.717, 1.165) is 5.56 Å². The number of anilines is 1. The van der Waals surface area contributed by atoms with Gasteiger partial charge in [-0.3, -0.25) is 9.59 Å². The van der Waals surface area contributed by atoms with Gasteiger partial charge in [0.1, 0.15) is 0 Å². The number of aromatic nitrogens is 2. The third kappa shape index (κ3) is 3.38. The maximum absolute atomic E-state index is 12.3. The van der Waals surface area contributed by atoms with E-state index in [1.807, 2.05) is 0 Å². The van der Waals surface area contributed by atoms with Crippen molar-refractivity contribution >= 4 is 17.4 Å². The van der Waals surface area contributed by atoms with E-state index in [2.05, 4.69) is 15.5 Å². The van der Waals surface area contributed by atoms with Crippen molar-refractivity contribution in [1.29, 1.82) is 0 Å². The summed E-state index contributed by atoms with van der Waals surface area (Å²) < 4.78 is 5.35. The molecule has 1 heterocycles. The predicted octanol–water partition coefficient (Wildman–Crippen LogP) is 3.50. The van der Waals surface area contributed by atoms with Gasteiger partial charge < -0.3 is 9.73 Å². The molecule has 0 radical (unpaired) electrons. The van der Waals surface area contributed by atoms with E-state index in [1.54, 1.807) is 55.5 Å². The average Bonchev–Trinajstić information content (AvgIpc) is 3.02. The van der Waals surface area contributed by atoms with Gasteiger partial charge in [0, 0.05) is 29.3 Å². The van der Waals surface area contributed by atoms with E-state index < -0.39 is 0 Å².